The number of amides is 1. The van der Waals surface area contributed by atoms with Crippen molar-refractivity contribution in [2.45, 2.75) is 31.0 Å². The number of oxazole rings is 1. The summed E-state index contributed by atoms with van der Waals surface area (Å²) in [6, 6.07) is 6.45. The normalized spacial score (nSPS) is 23.9. The van der Waals surface area contributed by atoms with Gasteiger partial charge >= 0.3 is 0 Å². The van der Waals surface area contributed by atoms with Crippen LogP contribution >= 0.6 is 0 Å². The maximum absolute atomic E-state index is 14.2. The van der Waals surface area contributed by atoms with Gasteiger partial charge in [-0.1, -0.05) is 0 Å². The Kier molecular flexibility index (Phi) is 7.60. The third-order valence-corrected chi connectivity index (χ3v) is 9.33. The van der Waals surface area contributed by atoms with Crippen molar-refractivity contribution >= 4 is 29.2 Å². The van der Waals surface area contributed by atoms with Crippen molar-refractivity contribution in [3.05, 3.63) is 81.8 Å². The van der Waals surface area contributed by atoms with Crippen LogP contribution in [0.2, 0.25) is 0 Å². The Labute approximate surface area is 268 Å². The molecule has 6 rings (SSSR count). The molecule has 0 spiro atoms. The molecule has 0 fully saturated rings. The molecule has 4 atom stereocenters. The first kappa shape index (κ1) is 31.8. The highest BCUT2D eigenvalue weighted by molar-refractivity contribution is 6.25. The number of anilines is 2. The second-order valence-electron chi connectivity index (χ2n) is 12.5. The molecule has 0 bridgehead atoms. The number of hydrogen-bond acceptors (Lipinski definition) is 12. The lowest BCUT2D eigenvalue weighted by atomic mass is 9.58. The zero-order valence-electron chi connectivity index (χ0n) is 26.0. The zero-order valence-corrected chi connectivity index (χ0v) is 26.0. The Hall–Kier alpha value is -5.21. The summed E-state index contributed by atoms with van der Waals surface area (Å²) in [6.07, 6.45) is 1.53. The minimum Gasteiger partial charge on any atom is -0.510 e. The van der Waals surface area contributed by atoms with Gasteiger partial charge in [0.1, 0.15) is 40.6 Å². The van der Waals surface area contributed by atoms with E-state index in [9.17, 15) is 39.2 Å². The van der Waals surface area contributed by atoms with E-state index in [2.05, 4.69) is 10.3 Å². The van der Waals surface area contributed by atoms with Crippen LogP contribution in [-0.2, 0) is 22.6 Å². The van der Waals surface area contributed by atoms with Gasteiger partial charge in [0, 0.05) is 48.9 Å². The first-order chi connectivity index (χ1) is 22.2. The monoisotopic (exact) mass is 647 g/mol. The van der Waals surface area contributed by atoms with Gasteiger partial charge < -0.3 is 40.8 Å². The first-order valence-electron chi connectivity index (χ1n) is 14.8. The molecular weight excluding hydrogens is 613 g/mol. The number of carbonyl (C=O) groups is 3. The number of ketones is 2. The van der Waals surface area contributed by atoms with E-state index in [0.29, 0.717) is 28.1 Å². The molecule has 13 nitrogen and oxygen atoms in total. The number of allylic oxidation sites excluding steroid dienone is 1. The molecule has 3 aromatic rings. The zero-order chi connectivity index (χ0) is 34.1. The number of fused-ring (bicyclic) bond motifs is 3. The standard InChI is InChI=1S/C33H34FN5O8/c1-38(2)21-11-16(12-36-32-37-20(13-47-32)14-5-7-17(34)8-6-14)26(40)23-18(21)9-15-10-19-25(39(3)4)28(42)24(31(35)45)30(44)33(19,46)29(43)22(15)27(23)41/h5-8,11,13,15,19,25,40,42-43,46H,9-10,12H2,1-4H3,(H2,35,45)(H,36,37)/t15-,19-,25-,33-/m0/s1. The van der Waals surface area contributed by atoms with Gasteiger partial charge in [0.05, 0.1) is 11.6 Å². The number of nitrogens with one attached hydrogen (secondary N) is 1. The molecule has 1 aromatic heterocycles. The molecule has 246 valence electrons. The summed E-state index contributed by atoms with van der Waals surface area (Å²) in [5, 5.41) is 48.8. The van der Waals surface area contributed by atoms with E-state index in [1.807, 2.05) is 0 Å². The van der Waals surface area contributed by atoms with Gasteiger partial charge in [-0.05, 0) is 68.8 Å². The van der Waals surface area contributed by atoms with Gasteiger partial charge in [-0.3, -0.25) is 19.3 Å². The van der Waals surface area contributed by atoms with E-state index >= 15 is 0 Å². The molecule has 0 aliphatic heterocycles. The molecule has 7 N–H and O–H groups in total. The van der Waals surface area contributed by atoms with Crippen LogP contribution in [0.15, 0.2) is 63.7 Å². The topological polar surface area (TPSA) is 203 Å². The number of carbonyl (C=O) groups excluding carboxylic acids is 3. The van der Waals surface area contributed by atoms with Crippen LogP contribution in [0.5, 0.6) is 5.75 Å². The Morgan fingerprint density at radius 3 is 2.45 bits per heavy atom. The number of rotatable bonds is 7. The lowest BCUT2D eigenvalue weighted by Gasteiger charge is -2.50. The fourth-order valence-electron chi connectivity index (χ4n) is 7.17. The van der Waals surface area contributed by atoms with Crippen molar-refractivity contribution < 1.29 is 43.6 Å². The molecule has 1 heterocycles. The van der Waals surface area contributed by atoms with Crippen molar-refractivity contribution in [3.63, 3.8) is 0 Å². The average molecular weight is 648 g/mol. The van der Waals surface area contributed by atoms with Gasteiger partial charge in [0.15, 0.2) is 11.4 Å². The summed E-state index contributed by atoms with van der Waals surface area (Å²) in [4.78, 5) is 47.6. The molecule has 47 heavy (non-hydrogen) atoms. The first-order valence-corrected chi connectivity index (χ1v) is 14.8. The van der Waals surface area contributed by atoms with Crippen LogP contribution in [0.3, 0.4) is 0 Å². The maximum Gasteiger partial charge on any atom is 0.295 e. The van der Waals surface area contributed by atoms with Gasteiger partial charge in [0.2, 0.25) is 5.78 Å². The van der Waals surface area contributed by atoms with E-state index in [1.54, 1.807) is 51.3 Å². The third kappa shape index (κ3) is 4.82. The third-order valence-electron chi connectivity index (χ3n) is 9.33. The molecule has 2 aromatic carbocycles. The number of hydrogen-bond donors (Lipinski definition) is 6. The number of likely N-dealkylation sites (N-methyl/N-ethyl adjacent to an activating group) is 1. The highest BCUT2D eigenvalue weighted by Crippen LogP contribution is 2.53. The molecule has 1 amide bonds. The molecule has 3 aliphatic rings. The maximum atomic E-state index is 14.2. The summed E-state index contributed by atoms with van der Waals surface area (Å²) in [5.41, 5.74) is 3.96. The van der Waals surface area contributed by atoms with E-state index in [4.69, 9.17) is 10.2 Å². The van der Waals surface area contributed by atoms with Crippen LogP contribution in [0.25, 0.3) is 11.3 Å². The summed E-state index contributed by atoms with van der Waals surface area (Å²) in [7, 11) is 6.70. The molecule has 0 radical (unpaired) electrons. The van der Waals surface area contributed by atoms with Crippen LogP contribution in [-0.4, -0.2) is 87.6 Å². The number of benzene rings is 2. The number of nitrogens with two attached hydrogens (primary N) is 1. The van der Waals surface area contributed by atoms with Crippen molar-refractivity contribution in [2.75, 3.05) is 38.4 Å². The summed E-state index contributed by atoms with van der Waals surface area (Å²) in [5.74, 6) is -7.50. The van der Waals surface area contributed by atoms with E-state index in [1.165, 1.54) is 23.3 Å². The predicted octanol–water partition coefficient (Wildman–Crippen LogP) is 2.59. The number of nitrogens with zero attached hydrogens (tertiary/aromatic N) is 3. The molecule has 0 unspecified atom stereocenters. The summed E-state index contributed by atoms with van der Waals surface area (Å²) in [6.45, 7) is -0.0356. The SMILES string of the molecule is CN(C)c1cc(CNc2nc(-c3ccc(F)cc3)co2)c(O)c2c1C[C@H]1C[C@H]3[C@H](N(C)C)C(O)=C(C(N)=O)C(=O)[C@@]3(O)C(O)=C1C2=O. The molecule has 14 heteroatoms. The number of aliphatic hydroxyl groups excluding tert-OH is 2. The van der Waals surface area contributed by atoms with Crippen molar-refractivity contribution in [2.24, 2.45) is 17.6 Å². The second kappa shape index (κ2) is 11.2. The van der Waals surface area contributed by atoms with Crippen molar-refractivity contribution in [1.82, 2.24) is 9.88 Å². The minimum atomic E-state index is -2.73. The number of aromatic hydroxyl groups is 1. The van der Waals surface area contributed by atoms with Gasteiger partial charge in [0.25, 0.3) is 11.9 Å². The molecule has 0 saturated heterocycles. The van der Waals surface area contributed by atoms with Crippen LogP contribution in [0, 0.1) is 17.7 Å². The fraction of sp³-hybridized carbons (Fsp3) is 0.333. The summed E-state index contributed by atoms with van der Waals surface area (Å²) < 4.78 is 18.8. The quantitative estimate of drug-likeness (QED) is 0.205. The number of primary amides is 1. The highest BCUT2D eigenvalue weighted by Gasteiger charge is 2.63. The van der Waals surface area contributed by atoms with Crippen LogP contribution in [0.4, 0.5) is 16.1 Å². The Bertz CT molecular complexity index is 1900. The highest BCUT2D eigenvalue weighted by atomic mass is 19.1. The predicted molar refractivity (Wildman–Crippen MR) is 167 cm³/mol. The smallest absolute Gasteiger partial charge is 0.295 e. The summed E-state index contributed by atoms with van der Waals surface area (Å²) >= 11 is 0. The molecule has 0 saturated carbocycles. The number of Topliss-reactive ketones (excluding diaryl/α,β-unsaturated/α-hetero) is 2. The number of phenols is 1. The molecular formula is C33H34FN5O8. The van der Waals surface area contributed by atoms with Crippen molar-refractivity contribution in [3.8, 4) is 17.0 Å². The Morgan fingerprint density at radius 1 is 1.15 bits per heavy atom. The number of aliphatic hydroxyl groups is 3. The Morgan fingerprint density at radius 2 is 1.83 bits per heavy atom. The van der Waals surface area contributed by atoms with E-state index in [-0.39, 0.29) is 42.3 Å². The molecule has 3 aliphatic carbocycles. The number of halogens is 1. The largest absolute Gasteiger partial charge is 0.510 e. The average Bonchev–Trinajstić information content (AvgIpc) is 3.47. The lowest BCUT2D eigenvalue weighted by Crippen LogP contribution is -2.63. The van der Waals surface area contributed by atoms with Gasteiger partial charge in [-0.15, -0.1) is 0 Å². The lowest BCUT2D eigenvalue weighted by molar-refractivity contribution is -0.148. The second-order valence-corrected chi connectivity index (χ2v) is 12.5. The van der Waals surface area contributed by atoms with Crippen LogP contribution < -0.4 is 16.0 Å². The van der Waals surface area contributed by atoms with Gasteiger partial charge in [-0.25, -0.2) is 4.39 Å². The number of aromatic nitrogens is 1. The Balaban J connectivity index is 1.40. The van der Waals surface area contributed by atoms with Gasteiger partial charge in [-0.2, -0.15) is 4.98 Å². The fourth-order valence-corrected chi connectivity index (χ4v) is 7.17. The van der Waals surface area contributed by atoms with Crippen molar-refractivity contribution in [1.29, 1.82) is 0 Å². The number of phenolic OH excluding ortho intramolecular Hbond substituents is 1. The minimum absolute atomic E-state index is 0.0107. The van der Waals surface area contributed by atoms with E-state index < -0.39 is 63.9 Å². The van der Waals surface area contributed by atoms with Crippen LogP contribution in [0.1, 0.15) is 27.9 Å². The van der Waals surface area contributed by atoms with E-state index in [0.717, 1.165) is 0 Å².